The number of rotatable bonds is 3. The van der Waals surface area contributed by atoms with E-state index in [1.165, 1.54) is 38.2 Å². The Balaban J connectivity index is 1.40. The second-order valence-electron chi connectivity index (χ2n) is 6.26. The number of ether oxygens (including phenoxy) is 2. The molecule has 1 N–H and O–H groups in total. The van der Waals surface area contributed by atoms with Crippen molar-refractivity contribution in [2.24, 2.45) is 0 Å². The van der Waals surface area contributed by atoms with Crippen LogP contribution in [0, 0.1) is 0 Å². The van der Waals surface area contributed by atoms with Crippen LogP contribution in [-0.2, 0) is 6.54 Å². The van der Waals surface area contributed by atoms with Gasteiger partial charge < -0.3 is 14.8 Å². The van der Waals surface area contributed by atoms with Crippen molar-refractivity contribution in [2.45, 2.75) is 19.0 Å². The molecule has 1 unspecified atom stereocenters. The molecule has 1 aromatic rings. The second-order valence-corrected chi connectivity index (χ2v) is 7.11. The average molecular weight is 368 g/mol. The molecule has 1 aromatic carbocycles. The van der Waals surface area contributed by atoms with Gasteiger partial charge in [0.25, 0.3) is 0 Å². The fourth-order valence-electron chi connectivity index (χ4n) is 3.62. The van der Waals surface area contributed by atoms with Crippen molar-refractivity contribution in [3.63, 3.8) is 0 Å². The minimum absolute atomic E-state index is 0.333. The number of benzene rings is 1. The first-order valence-corrected chi connectivity index (χ1v) is 8.84. The summed E-state index contributed by atoms with van der Waals surface area (Å²) in [6.45, 7) is 8.28. The van der Waals surface area contributed by atoms with Gasteiger partial charge in [-0.2, -0.15) is 0 Å². The number of nitrogens with one attached hydrogen (secondary N) is 1. The molecule has 0 radical (unpaired) electrons. The number of hydrogen-bond donors (Lipinski definition) is 1. The number of fused-ring (bicyclic) bond motifs is 1. The number of nitrogens with zero attached hydrogens (tertiary/aromatic N) is 2. The third-order valence-electron chi connectivity index (χ3n) is 4.85. The first kappa shape index (κ1) is 14.8. The molecule has 2 fully saturated rings. The van der Waals surface area contributed by atoms with Crippen molar-refractivity contribution in [2.75, 3.05) is 46.1 Å². The Bertz CT molecular complexity index is 548. The van der Waals surface area contributed by atoms with Gasteiger partial charge in [-0.1, -0.05) is 15.9 Å². The van der Waals surface area contributed by atoms with Crippen molar-refractivity contribution in [1.29, 1.82) is 0 Å². The lowest BCUT2D eigenvalue weighted by molar-refractivity contribution is 0.170. The normalized spacial score (nSPS) is 25.8. The van der Waals surface area contributed by atoms with Crippen LogP contribution >= 0.6 is 15.9 Å². The van der Waals surface area contributed by atoms with E-state index in [0.29, 0.717) is 6.79 Å². The minimum Gasteiger partial charge on any atom is -0.454 e. The highest BCUT2D eigenvalue weighted by Gasteiger charge is 2.29. The first-order chi connectivity index (χ1) is 10.8. The zero-order valence-electron chi connectivity index (χ0n) is 12.7. The summed E-state index contributed by atoms with van der Waals surface area (Å²) in [5.41, 5.74) is 1.28. The van der Waals surface area contributed by atoms with E-state index in [0.717, 1.165) is 41.6 Å². The summed E-state index contributed by atoms with van der Waals surface area (Å²) in [4.78, 5) is 5.19. The topological polar surface area (TPSA) is 37.0 Å². The molecule has 3 heterocycles. The molecule has 0 aromatic heterocycles. The van der Waals surface area contributed by atoms with Crippen LogP contribution in [0.25, 0.3) is 0 Å². The number of piperazine rings is 1. The van der Waals surface area contributed by atoms with Crippen LogP contribution < -0.4 is 14.8 Å². The maximum absolute atomic E-state index is 5.50. The van der Waals surface area contributed by atoms with Gasteiger partial charge in [-0.3, -0.25) is 9.80 Å². The molecule has 2 saturated heterocycles. The summed E-state index contributed by atoms with van der Waals surface area (Å²) in [7, 11) is 0. The van der Waals surface area contributed by atoms with Gasteiger partial charge in [-0.05, 0) is 24.1 Å². The smallest absolute Gasteiger partial charge is 0.231 e. The van der Waals surface area contributed by atoms with Gasteiger partial charge in [0.1, 0.15) is 0 Å². The van der Waals surface area contributed by atoms with Crippen LogP contribution in [0.2, 0.25) is 0 Å². The van der Waals surface area contributed by atoms with E-state index >= 15 is 0 Å². The van der Waals surface area contributed by atoms with E-state index < -0.39 is 0 Å². The maximum atomic E-state index is 5.50. The molecule has 120 valence electrons. The molecular weight excluding hydrogens is 346 g/mol. The van der Waals surface area contributed by atoms with Crippen LogP contribution in [0.5, 0.6) is 11.5 Å². The third-order valence-corrected chi connectivity index (χ3v) is 5.59. The zero-order valence-corrected chi connectivity index (χ0v) is 14.3. The zero-order chi connectivity index (χ0) is 14.9. The quantitative estimate of drug-likeness (QED) is 0.879. The monoisotopic (exact) mass is 367 g/mol. The average Bonchev–Trinajstić information content (AvgIpc) is 3.18. The van der Waals surface area contributed by atoms with E-state index in [4.69, 9.17) is 9.47 Å². The Kier molecular flexibility index (Phi) is 4.26. The minimum atomic E-state index is 0.333. The van der Waals surface area contributed by atoms with Crippen LogP contribution in [0.1, 0.15) is 12.0 Å². The third kappa shape index (κ3) is 2.97. The van der Waals surface area contributed by atoms with Crippen molar-refractivity contribution < 1.29 is 9.47 Å². The summed E-state index contributed by atoms with van der Waals surface area (Å²) >= 11 is 3.67. The summed E-state index contributed by atoms with van der Waals surface area (Å²) in [5, 5.41) is 3.43. The molecular formula is C16H22BrN3O2. The molecule has 5 nitrogen and oxygen atoms in total. The Morgan fingerprint density at radius 2 is 1.91 bits per heavy atom. The van der Waals surface area contributed by atoms with E-state index in [2.05, 4.69) is 37.1 Å². The predicted molar refractivity (Wildman–Crippen MR) is 88.4 cm³/mol. The maximum Gasteiger partial charge on any atom is 0.231 e. The van der Waals surface area contributed by atoms with Crippen molar-refractivity contribution in [1.82, 2.24) is 15.1 Å². The largest absolute Gasteiger partial charge is 0.454 e. The number of hydrogen-bond acceptors (Lipinski definition) is 5. The predicted octanol–water partition coefficient (Wildman–Crippen LogP) is 1.66. The molecule has 0 spiro atoms. The Labute approximate surface area is 139 Å². The number of likely N-dealkylation sites (tertiary alicyclic amines) is 1. The molecule has 1 atom stereocenters. The van der Waals surface area contributed by atoms with Crippen LogP contribution in [-0.4, -0.2) is 61.9 Å². The fraction of sp³-hybridized carbons (Fsp3) is 0.625. The van der Waals surface area contributed by atoms with E-state index in [1.54, 1.807) is 0 Å². The molecule has 3 aliphatic heterocycles. The van der Waals surface area contributed by atoms with Gasteiger partial charge >= 0.3 is 0 Å². The molecule has 4 rings (SSSR count). The van der Waals surface area contributed by atoms with Gasteiger partial charge in [0.05, 0.1) is 0 Å². The molecule has 6 heteroatoms. The van der Waals surface area contributed by atoms with Crippen molar-refractivity contribution >= 4 is 15.9 Å². The van der Waals surface area contributed by atoms with Gasteiger partial charge in [0, 0.05) is 56.3 Å². The number of halogens is 1. The van der Waals surface area contributed by atoms with Crippen LogP contribution in [0.15, 0.2) is 16.6 Å². The van der Waals surface area contributed by atoms with E-state index in [-0.39, 0.29) is 0 Å². The summed E-state index contributed by atoms with van der Waals surface area (Å²) in [5.74, 6) is 1.71. The standard InChI is InChI=1S/C16H22BrN3O2/c17-14-8-16-15(21-11-22-16)7-12(14)9-19-4-1-13(10-19)20-5-2-18-3-6-20/h7-8,13,18H,1-6,9-11H2. The highest BCUT2D eigenvalue weighted by molar-refractivity contribution is 9.10. The molecule has 0 amide bonds. The van der Waals surface area contributed by atoms with Crippen LogP contribution in [0.4, 0.5) is 0 Å². The van der Waals surface area contributed by atoms with Crippen LogP contribution in [0.3, 0.4) is 0 Å². The fourth-order valence-corrected chi connectivity index (χ4v) is 4.07. The lowest BCUT2D eigenvalue weighted by Crippen LogP contribution is -2.49. The molecule has 0 saturated carbocycles. The van der Waals surface area contributed by atoms with E-state index in [1.807, 2.05) is 6.07 Å². The van der Waals surface area contributed by atoms with Crippen molar-refractivity contribution in [3.05, 3.63) is 22.2 Å². The molecule has 0 bridgehead atoms. The Morgan fingerprint density at radius 1 is 1.14 bits per heavy atom. The van der Waals surface area contributed by atoms with Crippen molar-refractivity contribution in [3.8, 4) is 11.5 Å². The van der Waals surface area contributed by atoms with Gasteiger partial charge in [-0.15, -0.1) is 0 Å². The summed E-state index contributed by atoms with van der Waals surface area (Å²) < 4.78 is 12.0. The van der Waals surface area contributed by atoms with Gasteiger partial charge in [0.2, 0.25) is 6.79 Å². The molecule has 3 aliphatic rings. The second kappa shape index (κ2) is 6.35. The van der Waals surface area contributed by atoms with Gasteiger partial charge in [0.15, 0.2) is 11.5 Å². The molecule has 0 aliphatic carbocycles. The molecule has 22 heavy (non-hydrogen) atoms. The lowest BCUT2D eigenvalue weighted by Gasteiger charge is -2.32. The highest BCUT2D eigenvalue weighted by Crippen LogP contribution is 2.37. The van der Waals surface area contributed by atoms with Gasteiger partial charge in [-0.25, -0.2) is 0 Å². The first-order valence-electron chi connectivity index (χ1n) is 8.05. The Morgan fingerprint density at radius 3 is 2.73 bits per heavy atom. The SMILES string of the molecule is Brc1cc2c(cc1CN1CCC(N3CCNCC3)C1)OCO2. The summed E-state index contributed by atoms with van der Waals surface area (Å²) in [6.07, 6.45) is 1.28. The van der Waals surface area contributed by atoms with E-state index in [9.17, 15) is 0 Å². The highest BCUT2D eigenvalue weighted by atomic mass is 79.9. The lowest BCUT2D eigenvalue weighted by atomic mass is 10.2. The summed E-state index contributed by atoms with van der Waals surface area (Å²) in [6, 6.07) is 4.86. The Hall–Kier alpha value is -0.820.